The first kappa shape index (κ1) is 17.6. The Labute approximate surface area is 145 Å². The Kier molecular flexibility index (Phi) is 4.20. The SMILES string of the molecule is CCS(=O)(=O)c1cc(C(F)(F)F)cnc1-c1nc2nc(Cl)ccc2[nH]1. The standard InChI is InChI=1S/C14H10ClF3N4O2S/c1-2-25(23,24)9-5-7(14(16,17)18)6-19-11(9)13-20-8-3-4-10(15)21-12(8)22-13/h3-6H,2H2,1H3,(H,20,21,22). The van der Waals surface area contributed by atoms with Gasteiger partial charge in [0.15, 0.2) is 21.3 Å². The maximum absolute atomic E-state index is 12.9. The van der Waals surface area contributed by atoms with Crippen molar-refractivity contribution in [3.63, 3.8) is 0 Å². The molecule has 0 aliphatic heterocycles. The van der Waals surface area contributed by atoms with Crippen LogP contribution in [0.2, 0.25) is 5.15 Å². The van der Waals surface area contributed by atoms with E-state index >= 15 is 0 Å². The Morgan fingerprint density at radius 3 is 2.60 bits per heavy atom. The number of nitrogens with one attached hydrogen (secondary N) is 1. The monoisotopic (exact) mass is 390 g/mol. The zero-order valence-corrected chi connectivity index (χ0v) is 14.2. The van der Waals surface area contributed by atoms with Gasteiger partial charge >= 0.3 is 6.18 Å². The lowest BCUT2D eigenvalue weighted by Gasteiger charge is -2.11. The number of halogens is 4. The van der Waals surface area contributed by atoms with Crippen LogP contribution in [-0.4, -0.2) is 34.1 Å². The highest BCUT2D eigenvalue weighted by Crippen LogP contribution is 2.34. The second-order valence-electron chi connectivity index (χ2n) is 5.06. The van der Waals surface area contributed by atoms with Crippen molar-refractivity contribution in [2.24, 2.45) is 0 Å². The molecular formula is C14H10ClF3N4O2S. The number of pyridine rings is 2. The zero-order chi connectivity index (χ0) is 18.4. The summed E-state index contributed by atoms with van der Waals surface area (Å²) in [5, 5.41) is 0.173. The normalized spacial score (nSPS) is 12.7. The highest BCUT2D eigenvalue weighted by Gasteiger charge is 2.34. The van der Waals surface area contributed by atoms with E-state index in [2.05, 4.69) is 19.9 Å². The highest BCUT2D eigenvalue weighted by molar-refractivity contribution is 7.91. The Balaban J connectivity index is 2.26. The lowest BCUT2D eigenvalue weighted by atomic mass is 10.2. The average molecular weight is 391 g/mol. The molecule has 0 fully saturated rings. The molecule has 0 bridgehead atoms. The summed E-state index contributed by atoms with van der Waals surface area (Å²) < 4.78 is 63.3. The maximum atomic E-state index is 12.9. The molecule has 1 N–H and O–H groups in total. The lowest BCUT2D eigenvalue weighted by molar-refractivity contribution is -0.138. The molecule has 0 radical (unpaired) electrons. The quantitative estimate of drug-likeness (QED) is 0.691. The number of aromatic amines is 1. The molecule has 6 nitrogen and oxygen atoms in total. The van der Waals surface area contributed by atoms with E-state index in [-0.39, 0.29) is 28.1 Å². The molecule has 0 spiro atoms. The molecule has 0 amide bonds. The fraction of sp³-hybridized carbons (Fsp3) is 0.214. The molecule has 0 saturated heterocycles. The minimum Gasteiger partial charge on any atom is -0.335 e. The molecule has 0 atom stereocenters. The van der Waals surface area contributed by atoms with Crippen LogP contribution < -0.4 is 0 Å². The molecule has 0 aromatic carbocycles. The van der Waals surface area contributed by atoms with E-state index in [1.807, 2.05) is 0 Å². The largest absolute Gasteiger partial charge is 0.417 e. The number of hydrogen-bond donors (Lipinski definition) is 1. The van der Waals surface area contributed by atoms with Crippen molar-refractivity contribution in [3.05, 3.63) is 35.1 Å². The number of fused-ring (bicyclic) bond motifs is 1. The predicted molar refractivity (Wildman–Crippen MR) is 84.9 cm³/mol. The minimum atomic E-state index is -4.72. The summed E-state index contributed by atoms with van der Waals surface area (Å²) in [6, 6.07) is 3.63. The topological polar surface area (TPSA) is 88.6 Å². The summed E-state index contributed by atoms with van der Waals surface area (Å²) in [4.78, 5) is 14.0. The smallest absolute Gasteiger partial charge is 0.335 e. The molecule has 0 aliphatic carbocycles. The van der Waals surface area contributed by atoms with Crippen molar-refractivity contribution in [3.8, 4) is 11.5 Å². The van der Waals surface area contributed by atoms with E-state index in [1.54, 1.807) is 6.07 Å². The Hall–Kier alpha value is -2.20. The van der Waals surface area contributed by atoms with Crippen molar-refractivity contribution in [1.29, 1.82) is 0 Å². The molecule has 132 valence electrons. The van der Waals surface area contributed by atoms with Crippen LogP contribution >= 0.6 is 11.6 Å². The van der Waals surface area contributed by atoms with E-state index < -0.39 is 26.5 Å². The fourth-order valence-electron chi connectivity index (χ4n) is 2.15. The number of rotatable bonds is 3. The first-order chi connectivity index (χ1) is 11.6. The summed E-state index contributed by atoms with van der Waals surface area (Å²) in [6.07, 6.45) is -4.15. The minimum absolute atomic E-state index is 0.00878. The van der Waals surface area contributed by atoms with Crippen LogP contribution in [0.3, 0.4) is 0 Å². The fourth-order valence-corrected chi connectivity index (χ4v) is 3.36. The molecule has 0 unspecified atom stereocenters. The summed E-state index contributed by atoms with van der Waals surface area (Å²) in [5.41, 5.74) is -0.713. The highest BCUT2D eigenvalue weighted by atomic mass is 35.5. The van der Waals surface area contributed by atoms with Gasteiger partial charge < -0.3 is 4.98 Å². The number of alkyl halides is 3. The Morgan fingerprint density at radius 1 is 1.24 bits per heavy atom. The summed E-state index contributed by atoms with van der Waals surface area (Å²) in [6.45, 7) is 1.33. The van der Waals surface area contributed by atoms with E-state index in [0.29, 0.717) is 17.8 Å². The Morgan fingerprint density at radius 2 is 1.96 bits per heavy atom. The maximum Gasteiger partial charge on any atom is 0.417 e. The predicted octanol–water partition coefficient (Wildman–Crippen LogP) is 3.49. The van der Waals surface area contributed by atoms with Gasteiger partial charge in [0, 0.05) is 6.20 Å². The van der Waals surface area contributed by atoms with Gasteiger partial charge in [-0.2, -0.15) is 13.2 Å². The van der Waals surface area contributed by atoms with Gasteiger partial charge in [0.1, 0.15) is 10.8 Å². The van der Waals surface area contributed by atoms with Gasteiger partial charge in [0.2, 0.25) is 0 Å². The van der Waals surface area contributed by atoms with E-state index in [1.165, 1.54) is 13.0 Å². The molecule has 3 aromatic rings. The number of sulfone groups is 1. The first-order valence-electron chi connectivity index (χ1n) is 6.94. The number of hydrogen-bond acceptors (Lipinski definition) is 5. The van der Waals surface area contributed by atoms with Gasteiger partial charge in [-0.15, -0.1) is 0 Å². The summed E-state index contributed by atoms with van der Waals surface area (Å²) >= 11 is 5.77. The Bertz CT molecular complexity index is 1060. The second kappa shape index (κ2) is 5.95. The summed E-state index contributed by atoms with van der Waals surface area (Å²) in [7, 11) is -3.97. The van der Waals surface area contributed by atoms with Crippen LogP contribution in [0, 0.1) is 0 Å². The average Bonchev–Trinajstić information content (AvgIpc) is 2.96. The number of H-pyrrole nitrogens is 1. The number of aromatic nitrogens is 4. The van der Waals surface area contributed by atoms with Crippen LogP contribution in [0.15, 0.2) is 29.3 Å². The van der Waals surface area contributed by atoms with Gasteiger partial charge in [-0.25, -0.2) is 18.4 Å². The molecule has 11 heteroatoms. The third-order valence-corrected chi connectivity index (χ3v) is 5.38. The van der Waals surface area contributed by atoms with Crippen LogP contribution in [0.1, 0.15) is 12.5 Å². The van der Waals surface area contributed by atoms with Crippen LogP contribution in [-0.2, 0) is 16.0 Å². The molecule has 25 heavy (non-hydrogen) atoms. The van der Waals surface area contributed by atoms with Gasteiger partial charge in [-0.1, -0.05) is 18.5 Å². The third kappa shape index (κ3) is 3.31. The van der Waals surface area contributed by atoms with Crippen molar-refractivity contribution in [1.82, 2.24) is 19.9 Å². The van der Waals surface area contributed by atoms with Gasteiger partial charge in [-0.05, 0) is 18.2 Å². The van der Waals surface area contributed by atoms with Crippen molar-refractivity contribution in [2.75, 3.05) is 5.75 Å². The molecule has 3 heterocycles. The van der Waals surface area contributed by atoms with Crippen LogP contribution in [0.25, 0.3) is 22.7 Å². The molecular weight excluding hydrogens is 381 g/mol. The van der Waals surface area contributed by atoms with Gasteiger partial charge in [0.05, 0.1) is 21.7 Å². The van der Waals surface area contributed by atoms with Crippen molar-refractivity contribution >= 4 is 32.6 Å². The van der Waals surface area contributed by atoms with E-state index in [4.69, 9.17) is 11.6 Å². The number of imidazole rings is 1. The molecule has 0 aliphatic rings. The van der Waals surface area contributed by atoms with Crippen molar-refractivity contribution < 1.29 is 21.6 Å². The van der Waals surface area contributed by atoms with E-state index in [9.17, 15) is 21.6 Å². The summed E-state index contributed by atoms with van der Waals surface area (Å²) in [5.74, 6) is -0.390. The van der Waals surface area contributed by atoms with Crippen molar-refractivity contribution in [2.45, 2.75) is 18.0 Å². The first-order valence-corrected chi connectivity index (χ1v) is 8.97. The van der Waals surface area contributed by atoms with Crippen LogP contribution in [0.5, 0.6) is 0 Å². The zero-order valence-electron chi connectivity index (χ0n) is 12.6. The molecule has 3 rings (SSSR count). The van der Waals surface area contributed by atoms with Gasteiger partial charge in [0.25, 0.3) is 0 Å². The van der Waals surface area contributed by atoms with E-state index in [0.717, 1.165) is 0 Å². The van der Waals surface area contributed by atoms with Crippen LogP contribution in [0.4, 0.5) is 13.2 Å². The lowest BCUT2D eigenvalue weighted by Crippen LogP contribution is -2.12. The second-order valence-corrected chi connectivity index (χ2v) is 7.70. The number of nitrogens with zero attached hydrogens (tertiary/aromatic N) is 3. The molecule has 0 saturated carbocycles. The van der Waals surface area contributed by atoms with Gasteiger partial charge in [-0.3, -0.25) is 4.98 Å². The third-order valence-electron chi connectivity index (χ3n) is 3.43. The molecule has 3 aromatic heterocycles.